The minimum atomic E-state index is 0.429. The van der Waals surface area contributed by atoms with Gasteiger partial charge in [-0.15, -0.1) is 0 Å². The van der Waals surface area contributed by atoms with Crippen LogP contribution in [-0.2, 0) is 0 Å². The highest BCUT2D eigenvalue weighted by Gasteiger charge is 2.38. The number of hydrogen-bond acceptors (Lipinski definition) is 0. The van der Waals surface area contributed by atoms with E-state index in [9.17, 15) is 0 Å². The van der Waals surface area contributed by atoms with Crippen molar-refractivity contribution in [1.82, 2.24) is 0 Å². The van der Waals surface area contributed by atoms with Gasteiger partial charge in [0.1, 0.15) is 0 Å². The summed E-state index contributed by atoms with van der Waals surface area (Å²) in [6.45, 7) is 0. The molecule has 0 unspecified atom stereocenters. The third-order valence-electron chi connectivity index (χ3n) is 5.49. The molecule has 0 atom stereocenters. The average molecular weight is 252 g/mol. The summed E-state index contributed by atoms with van der Waals surface area (Å²) in [4.78, 5) is 0. The molecule has 0 bridgehead atoms. The van der Waals surface area contributed by atoms with Gasteiger partial charge >= 0.3 is 0 Å². The van der Waals surface area contributed by atoms with Crippen molar-refractivity contribution in [2.75, 3.05) is 0 Å². The van der Waals surface area contributed by atoms with Gasteiger partial charge in [-0.05, 0) is 55.5 Å². The van der Waals surface area contributed by atoms with Crippen molar-refractivity contribution in [3.8, 4) is 0 Å². The minimum absolute atomic E-state index is 0.429. The van der Waals surface area contributed by atoms with Gasteiger partial charge in [0, 0.05) is 0 Å². The molecule has 0 aromatic rings. The van der Waals surface area contributed by atoms with Crippen LogP contribution in [0.3, 0.4) is 0 Å². The number of rotatable bonds is 3. The van der Waals surface area contributed by atoms with Crippen LogP contribution in [0.2, 0.25) is 0 Å². The smallest absolute Gasteiger partial charge is 0.0204 e. The lowest BCUT2D eigenvalue weighted by atomic mass is 9.98. The third kappa shape index (κ3) is 2.89. The Kier molecular flexibility index (Phi) is 4.43. The topological polar surface area (TPSA) is 0 Å². The van der Waals surface area contributed by atoms with Gasteiger partial charge in [0.05, 0.1) is 0 Å². The molecule has 98 valence electrons. The van der Waals surface area contributed by atoms with Crippen LogP contribution in [0.1, 0.15) is 83.5 Å². The Hall–Kier alpha value is 0.430. The molecule has 0 aliphatic heterocycles. The molecule has 17 heavy (non-hydrogen) atoms. The largest absolute Gasteiger partial charge is 0.0971 e. The van der Waals surface area contributed by atoms with Crippen molar-refractivity contribution < 1.29 is 0 Å². The maximum atomic E-state index is 1.61. The quantitative estimate of drug-likeness (QED) is 0.566. The Labute approximate surface area is 109 Å². The lowest BCUT2D eigenvalue weighted by Gasteiger charge is -2.46. The molecule has 3 saturated carbocycles. The van der Waals surface area contributed by atoms with Gasteiger partial charge in [-0.2, -0.15) is 0 Å². The van der Waals surface area contributed by atoms with Gasteiger partial charge in [0.2, 0.25) is 0 Å². The van der Waals surface area contributed by atoms with E-state index in [0.717, 1.165) is 0 Å². The first-order chi connectivity index (χ1) is 8.45. The highest BCUT2D eigenvalue weighted by atomic mass is 31.1. The molecule has 3 aliphatic rings. The van der Waals surface area contributed by atoms with E-state index in [4.69, 9.17) is 0 Å². The van der Waals surface area contributed by atoms with Crippen molar-refractivity contribution in [3.63, 3.8) is 0 Å². The van der Waals surface area contributed by atoms with E-state index in [0.29, 0.717) is 7.92 Å². The monoisotopic (exact) mass is 252 g/mol. The van der Waals surface area contributed by atoms with Crippen LogP contribution < -0.4 is 0 Å². The zero-order valence-electron chi connectivity index (χ0n) is 11.4. The second-order valence-corrected chi connectivity index (χ2v) is 9.70. The Morgan fingerprint density at radius 2 is 0.765 bits per heavy atom. The fraction of sp³-hybridized carbons (Fsp3) is 1.00. The second kappa shape index (κ2) is 6.05. The molecule has 0 heterocycles. The predicted molar refractivity (Wildman–Crippen MR) is 78.3 cm³/mol. The van der Waals surface area contributed by atoms with Crippen molar-refractivity contribution in [2.45, 2.75) is 100 Å². The molecular weight excluding hydrogens is 223 g/mol. The Bertz CT molecular complexity index is 204. The molecule has 0 spiro atoms. The predicted octanol–water partition coefficient (Wildman–Crippen LogP) is 5.69. The van der Waals surface area contributed by atoms with Gasteiger partial charge in [0.25, 0.3) is 0 Å². The second-order valence-electron chi connectivity index (χ2n) is 6.62. The van der Waals surface area contributed by atoms with Crippen LogP contribution >= 0.6 is 7.92 Å². The Balaban J connectivity index is 1.66. The maximum Gasteiger partial charge on any atom is -0.0204 e. The van der Waals surface area contributed by atoms with Crippen LogP contribution in [0.5, 0.6) is 0 Å². The average Bonchev–Trinajstić information content (AvgIpc) is 2.36. The first-order valence-electron chi connectivity index (χ1n) is 8.22. The van der Waals surface area contributed by atoms with Gasteiger partial charge in [0.15, 0.2) is 0 Å². The summed E-state index contributed by atoms with van der Waals surface area (Å²) in [5.41, 5.74) is 3.62. The van der Waals surface area contributed by atoms with Crippen LogP contribution in [0.25, 0.3) is 0 Å². The molecule has 1 heteroatoms. The van der Waals surface area contributed by atoms with Crippen LogP contribution in [0.4, 0.5) is 0 Å². The summed E-state index contributed by atoms with van der Waals surface area (Å²) in [6.07, 6.45) is 20.5. The summed E-state index contributed by atoms with van der Waals surface area (Å²) in [6, 6.07) is 0. The zero-order chi connectivity index (χ0) is 11.5. The molecule has 0 radical (unpaired) electrons. The van der Waals surface area contributed by atoms with Crippen molar-refractivity contribution >= 4 is 7.92 Å². The van der Waals surface area contributed by atoms with Gasteiger partial charge in [-0.1, -0.05) is 52.9 Å². The van der Waals surface area contributed by atoms with E-state index in [-0.39, 0.29) is 0 Å². The SMILES string of the molecule is C1CCC(P(C2CCCCC2)C2CCC2)CC1. The molecular formula is C16H29P. The van der Waals surface area contributed by atoms with Crippen molar-refractivity contribution in [2.24, 2.45) is 0 Å². The van der Waals surface area contributed by atoms with Gasteiger partial charge < -0.3 is 0 Å². The normalized spacial score (nSPS) is 29.5. The molecule has 3 fully saturated rings. The molecule has 0 N–H and O–H groups in total. The summed E-state index contributed by atoms with van der Waals surface area (Å²) in [7, 11) is 0.429. The zero-order valence-corrected chi connectivity index (χ0v) is 12.3. The van der Waals surface area contributed by atoms with E-state index < -0.39 is 0 Å². The maximum absolute atomic E-state index is 1.61. The molecule has 0 aromatic heterocycles. The Morgan fingerprint density at radius 1 is 0.412 bits per heavy atom. The first kappa shape index (κ1) is 12.5. The highest BCUT2D eigenvalue weighted by molar-refractivity contribution is 7.60. The van der Waals surface area contributed by atoms with E-state index in [2.05, 4.69) is 0 Å². The standard InChI is InChI=1S/C16H29P/c1-3-8-14(9-4-1)17(16-12-7-13-16)15-10-5-2-6-11-15/h14-16H,1-13H2. The molecule has 3 rings (SSSR count). The van der Waals surface area contributed by atoms with Crippen LogP contribution in [0.15, 0.2) is 0 Å². The van der Waals surface area contributed by atoms with E-state index in [1.807, 2.05) is 0 Å². The third-order valence-corrected chi connectivity index (χ3v) is 9.57. The van der Waals surface area contributed by atoms with Crippen molar-refractivity contribution in [1.29, 1.82) is 0 Å². The summed E-state index contributed by atoms with van der Waals surface area (Å²) < 4.78 is 0. The highest BCUT2D eigenvalue weighted by Crippen LogP contribution is 2.63. The summed E-state index contributed by atoms with van der Waals surface area (Å²) >= 11 is 0. The molecule has 0 amide bonds. The van der Waals surface area contributed by atoms with Gasteiger partial charge in [-0.25, -0.2) is 0 Å². The molecule has 3 aliphatic carbocycles. The number of hydrogen-bond donors (Lipinski definition) is 0. The van der Waals surface area contributed by atoms with Crippen LogP contribution in [0, 0.1) is 0 Å². The fourth-order valence-electron chi connectivity index (χ4n) is 4.34. The van der Waals surface area contributed by atoms with E-state index in [1.165, 1.54) is 29.8 Å². The molecule has 0 saturated heterocycles. The molecule has 0 nitrogen and oxygen atoms in total. The fourth-order valence-corrected chi connectivity index (χ4v) is 9.01. The van der Waals surface area contributed by atoms with E-state index in [1.54, 1.807) is 70.6 Å². The minimum Gasteiger partial charge on any atom is -0.0971 e. The Morgan fingerprint density at radius 3 is 1.06 bits per heavy atom. The van der Waals surface area contributed by atoms with E-state index >= 15 is 0 Å². The summed E-state index contributed by atoms with van der Waals surface area (Å²) in [5, 5.41) is 0. The van der Waals surface area contributed by atoms with Gasteiger partial charge in [-0.3, -0.25) is 0 Å². The summed E-state index contributed by atoms with van der Waals surface area (Å²) in [5.74, 6) is 0. The molecule has 0 aromatic carbocycles. The lowest BCUT2D eigenvalue weighted by molar-refractivity contribution is 0.454. The first-order valence-corrected chi connectivity index (χ1v) is 9.77. The van der Waals surface area contributed by atoms with Crippen LogP contribution in [-0.4, -0.2) is 17.0 Å². The lowest BCUT2D eigenvalue weighted by Crippen LogP contribution is -2.30. The van der Waals surface area contributed by atoms with Crippen molar-refractivity contribution in [3.05, 3.63) is 0 Å².